The zero-order valence-corrected chi connectivity index (χ0v) is 14.6. The van der Waals surface area contributed by atoms with Gasteiger partial charge in [-0.3, -0.25) is 0 Å². The number of aryl methyl sites for hydroxylation is 1. The first-order valence-electron chi connectivity index (χ1n) is 7.96. The molecule has 0 radical (unpaired) electrons. The molecule has 0 unspecified atom stereocenters. The monoisotopic (exact) mass is 344 g/mol. The molecule has 3 aromatic rings. The molecule has 0 atom stereocenters. The van der Waals surface area contributed by atoms with Crippen LogP contribution in [0.5, 0.6) is 5.75 Å². The molecular formula is C18H20N2O3S. The minimum Gasteiger partial charge on any atom is -0.493 e. The Hall–Kier alpha value is -2.34. The predicted molar refractivity (Wildman–Crippen MR) is 93.9 cm³/mol. The van der Waals surface area contributed by atoms with Crippen molar-refractivity contribution >= 4 is 20.8 Å². The summed E-state index contributed by atoms with van der Waals surface area (Å²) >= 11 is 0. The highest BCUT2D eigenvalue weighted by Crippen LogP contribution is 2.32. The van der Waals surface area contributed by atoms with Gasteiger partial charge in [0.05, 0.1) is 17.2 Å². The van der Waals surface area contributed by atoms with Crippen molar-refractivity contribution in [2.24, 2.45) is 0 Å². The number of hydrogen-bond acceptors (Lipinski definition) is 4. The number of unbranched alkanes of at least 4 members (excludes halogenated alkanes) is 1. The van der Waals surface area contributed by atoms with Gasteiger partial charge >= 0.3 is 0 Å². The Labute approximate surface area is 141 Å². The highest BCUT2D eigenvalue weighted by atomic mass is 32.2. The molecule has 5 nitrogen and oxygen atoms in total. The maximum atomic E-state index is 12.9. The second kappa shape index (κ2) is 6.65. The second-order valence-electron chi connectivity index (χ2n) is 5.64. The van der Waals surface area contributed by atoms with E-state index in [0.717, 1.165) is 22.3 Å². The molecule has 0 bridgehead atoms. The van der Waals surface area contributed by atoms with Crippen LogP contribution in [-0.4, -0.2) is 24.2 Å². The maximum Gasteiger partial charge on any atom is 0.283 e. The molecule has 0 N–H and O–H groups in total. The summed E-state index contributed by atoms with van der Waals surface area (Å²) in [5.74, 6) is 0.703. The van der Waals surface area contributed by atoms with E-state index in [2.05, 4.69) is 12.0 Å². The number of aromatic nitrogens is 2. The molecule has 0 amide bonds. The van der Waals surface area contributed by atoms with Crippen LogP contribution in [-0.2, 0) is 10.0 Å². The third kappa shape index (κ3) is 3.01. The van der Waals surface area contributed by atoms with Crippen molar-refractivity contribution < 1.29 is 13.2 Å². The van der Waals surface area contributed by atoms with E-state index in [9.17, 15) is 8.42 Å². The van der Waals surface area contributed by atoms with Gasteiger partial charge in [0.25, 0.3) is 10.0 Å². The number of hydrogen-bond donors (Lipinski definition) is 0. The summed E-state index contributed by atoms with van der Waals surface area (Å²) in [7, 11) is -3.74. The molecule has 0 saturated heterocycles. The molecule has 6 heteroatoms. The first kappa shape index (κ1) is 16.5. The van der Waals surface area contributed by atoms with Crippen LogP contribution >= 0.6 is 0 Å². The molecule has 1 aromatic heterocycles. The average Bonchev–Trinajstić information content (AvgIpc) is 3.02. The van der Waals surface area contributed by atoms with E-state index < -0.39 is 10.0 Å². The van der Waals surface area contributed by atoms with Crippen molar-refractivity contribution in [3.8, 4) is 5.75 Å². The van der Waals surface area contributed by atoms with Gasteiger partial charge in [-0.25, -0.2) is 0 Å². The average molecular weight is 344 g/mol. The van der Waals surface area contributed by atoms with Crippen molar-refractivity contribution in [3.05, 3.63) is 54.4 Å². The molecule has 0 aliphatic carbocycles. The molecule has 0 fully saturated rings. The molecule has 1 heterocycles. The zero-order valence-electron chi connectivity index (χ0n) is 13.8. The molecular weight excluding hydrogens is 324 g/mol. The zero-order chi connectivity index (χ0) is 17.2. The van der Waals surface area contributed by atoms with Gasteiger partial charge in [0.2, 0.25) is 0 Å². The lowest BCUT2D eigenvalue weighted by Gasteiger charge is -2.13. The van der Waals surface area contributed by atoms with E-state index >= 15 is 0 Å². The van der Waals surface area contributed by atoms with Crippen LogP contribution in [0, 0.1) is 6.92 Å². The third-order valence-corrected chi connectivity index (χ3v) is 5.43. The fourth-order valence-corrected chi connectivity index (χ4v) is 3.90. The summed E-state index contributed by atoms with van der Waals surface area (Å²) in [6.07, 6.45) is 3.47. The molecule has 24 heavy (non-hydrogen) atoms. The summed E-state index contributed by atoms with van der Waals surface area (Å²) in [6, 6.07) is 12.4. The predicted octanol–water partition coefficient (Wildman–Crippen LogP) is 3.76. The fraction of sp³-hybridized carbons (Fsp3) is 0.278. The summed E-state index contributed by atoms with van der Waals surface area (Å²) in [5.41, 5.74) is 0.655. The lowest BCUT2D eigenvalue weighted by Crippen LogP contribution is -2.14. The number of nitrogens with zero attached hydrogens (tertiary/aromatic N) is 2. The van der Waals surface area contributed by atoms with Crippen LogP contribution in [0.1, 0.15) is 25.5 Å². The summed E-state index contributed by atoms with van der Waals surface area (Å²) in [4.78, 5) is 0.226. The van der Waals surface area contributed by atoms with E-state index in [1.54, 1.807) is 31.2 Å². The van der Waals surface area contributed by atoms with Gasteiger partial charge in [-0.05, 0) is 31.5 Å². The van der Waals surface area contributed by atoms with Crippen LogP contribution in [0.15, 0.2) is 53.6 Å². The van der Waals surface area contributed by atoms with E-state index in [0.29, 0.717) is 23.4 Å². The Morgan fingerprint density at radius 2 is 1.83 bits per heavy atom. The van der Waals surface area contributed by atoms with Gasteiger partial charge in [0.1, 0.15) is 5.75 Å². The lowest BCUT2D eigenvalue weighted by molar-refractivity contribution is 0.313. The second-order valence-corrected chi connectivity index (χ2v) is 7.41. The minimum atomic E-state index is -3.74. The number of ether oxygens (including phenoxy) is 1. The lowest BCUT2D eigenvalue weighted by atomic mass is 10.1. The Kier molecular flexibility index (Phi) is 4.57. The Morgan fingerprint density at radius 3 is 2.50 bits per heavy atom. The normalized spacial score (nSPS) is 11.8. The molecule has 0 aliphatic heterocycles. The van der Waals surface area contributed by atoms with Crippen LogP contribution in [0.2, 0.25) is 0 Å². The molecule has 0 spiro atoms. The van der Waals surface area contributed by atoms with Gasteiger partial charge in [0.15, 0.2) is 0 Å². The topological polar surface area (TPSA) is 61.2 Å². The van der Waals surface area contributed by atoms with Crippen molar-refractivity contribution in [1.29, 1.82) is 0 Å². The van der Waals surface area contributed by atoms with Crippen molar-refractivity contribution in [2.45, 2.75) is 31.6 Å². The largest absolute Gasteiger partial charge is 0.493 e. The maximum absolute atomic E-state index is 12.9. The van der Waals surface area contributed by atoms with E-state index in [1.165, 1.54) is 6.20 Å². The van der Waals surface area contributed by atoms with E-state index in [-0.39, 0.29) is 4.90 Å². The summed E-state index contributed by atoms with van der Waals surface area (Å²) < 4.78 is 32.6. The fourth-order valence-electron chi connectivity index (χ4n) is 2.55. The van der Waals surface area contributed by atoms with Gasteiger partial charge in [0, 0.05) is 17.0 Å². The number of benzene rings is 2. The highest BCUT2D eigenvalue weighted by Gasteiger charge is 2.21. The van der Waals surface area contributed by atoms with Gasteiger partial charge in [-0.2, -0.15) is 17.6 Å². The molecule has 126 valence electrons. The molecule has 3 rings (SSSR count). The Bertz CT molecular complexity index is 961. The number of fused-ring (bicyclic) bond motifs is 1. The van der Waals surface area contributed by atoms with Crippen LogP contribution in [0.25, 0.3) is 10.8 Å². The SMILES string of the molecule is CCCCOc1ccc(S(=O)(=O)n2ccc(C)n2)c2ccccc12. The van der Waals surface area contributed by atoms with Gasteiger partial charge in [-0.1, -0.05) is 37.6 Å². The standard InChI is InChI=1S/C18H20N2O3S/c1-3-4-13-23-17-9-10-18(16-8-6-5-7-15(16)17)24(21,22)20-12-11-14(2)19-20/h5-12H,3-4,13H2,1-2H3. The minimum absolute atomic E-state index is 0.226. The molecule has 2 aromatic carbocycles. The smallest absolute Gasteiger partial charge is 0.283 e. The summed E-state index contributed by atoms with van der Waals surface area (Å²) in [5, 5.41) is 5.48. The first-order valence-corrected chi connectivity index (χ1v) is 9.40. The van der Waals surface area contributed by atoms with Crippen molar-refractivity contribution in [3.63, 3.8) is 0 Å². The quantitative estimate of drug-likeness (QED) is 0.639. The number of rotatable bonds is 6. The van der Waals surface area contributed by atoms with Crippen LogP contribution in [0.4, 0.5) is 0 Å². The van der Waals surface area contributed by atoms with E-state index in [1.807, 2.05) is 18.2 Å². The van der Waals surface area contributed by atoms with E-state index in [4.69, 9.17) is 4.74 Å². The van der Waals surface area contributed by atoms with Gasteiger partial charge in [-0.15, -0.1) is 0 Å². The summed E-state index contributed by atoms with van der Waals surface area (Å²) in [6.45, 7) is 4.48. The molecule has 0 aliphatic rings. The van der Waals surface area contributed by atoms with Crippen LogP contribution in [0.3, 0.4) is 0 Å². The Balaban J connectivity index is 2.12. The first-order chi connectivity index (χ1) is 11.5. The molecule has 0 saturated carbocycles. The Morgan fingerprint density at radius 1 is 1.08 bits per heavy atom. The van der Waals surface area contributed by atoms with Gasteiger partial charge < -0.3 is 4.74 Å². The van der Waals surface area contributed by atoms with Crippen LogP contribution < -0.4 is 4.74 Å². The van der Waals surface area contributed by atoms with Crippen molar-refractivity contribution in [1.82, 2.24) is 9.19 Å². The highest BCUT2D eigenvalue weighted by molar-refractivity contribution is 7.90. The van der Waals surface area contributed by atoms with Crippen molar-refractivity contribution in [2.75, 3.05) is 6.61 Å². The third-order valence-electron chi connectivity index (χ3n) is 3.82.